The van der Waals surface area contributed by atoms with Crippen LogP contribution in [0.15, 0.2) is 84.9 Å². The SMILES string of the molecule is C=C(COC(=O)NCCc1cc(Cl)cc(NC)c1)C(=O)N1CCN(c2nc(OCC3CCCN3C)nc3c2CCN(c2cccc4cccc(Cl)c24)C3)CC1CC#N.O=CNCc1ccc2c(c1)CN(C1CCC(=O)NC1=O)C2=O. The van der Waals surface area contributed by atoms with Crippen molar-refractivity contribution in [2.75, 3.05) is 81.7 Å². The molecule has 5 aromatic rings. The number of nitrogens with one attached hydrogen (secondary N) is 4. The van der Waals surface area contributed by atoms with Crippen LogP contribution in [0.5, 0.6) is 6.01 Å². The highest BCUT2D eigenvalue weighted by atomic mass is 35.5. The molecule has 3 fully saturated rings. The van der Waals surface area contributed by atoms with Gasteiger partial charge in [-0.25, -0.2) is 4.79 Å². The van der Waals surface area contributed by atoms with Crippen molar-refractivity contribution in [1.82, 2.24) is 40.6 Å². The fourth-order valence-corrected chi connectivity index (χ4v) is 11.6. The molecule has 3 unspecified atom stereocenters. The number of anilines is 3. The van der Waals surface area contributed by atoms with Gasteiger partial charge < -0.3 is 49.9 Å². The molecule has 0 spiro atoms. The zero-order valence-corrected chi connectivity index (χ0v) is 46.3. The first-order valence-corrected chi connectivity index (χ1v) is 27.5. The molecule has 1 aromatic heterocycles. The van der Waals surface area contributed by atoms with Gasteiger partial charge in [0.05, 0.1) is 35.8 Å². The van der Waals surface area contributed by atoms with Gasteiger partial charge in [0.2, 0.25) is 18.2 Å². The van der Waals surface area contributed by atoms with Crippen LogP contribution >= 0.6 is 23.2 Å². The van der Waals surface area contributed by atoms with Crippen LogP contribution in [0.25, 0.3) is 10.8 Å². The molecular weight excluding hydrogens is 1060 g/mol. The normalized spacial score (nSPS) is 18.8. The summed E-state index contributed by atoms with van der Waals surface area (Å²) in [5.41, 5.74) is 7.21. The molecule has 6 heterocycles. The first-order chi connectivity index (χ1) is 38.7. The zero-order chi connectivity index (χ0) is 56.5. The number of halogens is 2. The van der Waals surface area contributed by atoms with E-state index in [1.54, 1.807) is 17.0 Å². The molecule has 6 amide bonds. The molecule has 80 heavy (non-hydrogen) atoms. The second-order valence-electron chi connectivity index (χ2n) is 20.4. The quantitative estimate of drug-likeness (QED) is 0.0464. The number of piperazine rings is 1. The number of hydrogen-bond acceptors (Lipinski definition) is 15. The largest absolute Gasteiger partial charge is 0.462 e. The lowest BCUT2D eigenvalue weighted by Crippen LogP contribution is -2.56. The van der Waals surface area contributed by atoms with E-state index < -0.39 is 24.1 Å². The van der Waals surface area contributed by atoms with Gasteiger partial charge in [0.25, 0.3) is 11.8 Å². The minimum atomic E-state index is -0.656. The minimum absolute atomic E-state index is 0.107. The van der Waals surface area contributed by atoms with E-state index in [0.717, 1.165) is 81.8 Å². The fraction of sp³-hybridized carbons (Fsp3) is 0.397. The number of ether oxygens (including phenoxy) is 2. The molecule has 418 valence electrons. The summed E-state index contributed by atoms with van der Waals surface area (Å²) in [6.45, 7) is 8.69. The Kier molecular flexibility index (Phi) is 18.3. The van der Waals surface area contributed by atoms with E-state index in [2.05, 4.69) is 79.9 Å². The molecule has 22 heteroatoms. The Morgan fingerprint density at radius 2 is 1.76 bits per heavy atom. The van der Waals surface area contributed by atoms with E-state index in [4.69, 9.17) is 42.6 Å². The van der Waals surface area contributed by atoms with Gasteiger partial charge in [-0.15, -0.1) is 0 Å². The summed E-state index contributed by atoms with van der Waals surface area (Å²) in [5, 5.41) is 23.9. The molecule has 0 radical (unpaired) electrons. The number of imide groups is 1. The minimum Gasteiger partial charge on any atom is -0.462 e. The van der Waals surface area contributed by atoms with Crippen LogP contribution in [0.1, 0.15) is 70.4 Å². The average molecular weight is 1130 g/mol. The van der Waals surface area contributed by atoms with Crippen molar-refractivity contribution in [3.8, 4) is 12.1 Å². The van der Waals surface area contributed by atoms with E-state index >= 15 is 0 Å². The van der Waals surface area contributed by atoms with Crippen molar-refractivity contribution in [3.05, 3.63) is 129 Å². The highest BCUT2D eigenvalue weighted by Gasteiger charge is 2.40. The third-order valence-corrected chi connectivity index (χ3v) is 15.8. The summed E-state index contributed by atoms with van der Waals surface area (Å²) in [6.07, 6.45) is 4.07. The van der Waals surface area contributed by atoms with Crippen LogP contribution in [0.2, 0.25) is 10.0 Å². The molecule has 5 aliphatic rings. The topological polar surface area (TPSA) is 235 Å². The van der Waals surface area contributed by atoms with E-state index in [1.807, 2.05) is 43.4 Å². The van der Waals surface area contributed by atoms with Crippen LogP contribution in [-0.4, -0.2) is 146 Å². The molecule has 0 bridgehead atoms. The summed E-state index contributed by atoms with van der Waals surface area (Å²) >= 11 is 12.9. The number of carbonyl (C=O) groups is 6. The number of aromatic nitrogens is 2. The number of benzene rings is 4. The Morgan fingerprint density at radius 1 is 0.938 bits per heavy atom. The van der Waals surface area contributed by atoms with E-state index in [9.17, 15) is 34.0 Å². The third kappa shape index (κ3) is 13.2. The number of likely N-dealkylation sites (N-methyl/N-ethyl adjacent to an activating group) is 1. The molecule has 3 atom stereocenters. The molecular formula is C58H64Cl2N12O8. The second kappa shape index (κ2) is 25.9. The Morgan fingerprint density at radius 3 is 2.52 bits per heavy atom. The van der Waals surface area contributed by atoms with Crippen LogP contribution in [-0.2, 0) is 56.4 Å². The van der Waals surface area contributed by atoms with Crippen LogP contribution < -0.4 is 35.8 Å². The lowest BCUT2D eigenvalue weighted by Gasteiger charge is -2.42. The number of piperidine rings is 1. The lowest BCUT2D eigenvalue weighted by atomic mass is 10.0. The summed E-state index contributed by atoms with van der Waals surface area (Å²) in [7, 11) is 3.93. The van der Waals surface area contributed by atoms with Gasteiger partial charge in [-0.2, -0.15) is 15.2 Å². The molecule has 20 nitrogen and oxygen atoms in total. The number of carbonyl (C=O) groups excluding carboxylic acids is 6. The van der Waals surface area contributed by atoms with Crippen molar-refractivity contribution in [2.24, 2.45) is 0 Å². The summed E-state index contributed by atoms with van der Waals surface area (Å²) < 4.78 is 11.7. The predicted molar refractivity (Wildman–Crippen MR) is 303 cm³/mol. The number of nitrogens with zero attached hydrogens (tertiary/aromatic N) is 8. The Hall–Kier alpha value is -7.99. The summed E-state index contributed by atoms with van der Waals surface area (Å²) in [4.78, 5) is 92.1. The highest BCUT2D eigenvalue weighted by molar-refractivity contribution is 6.36. The molecule has 0 aliphatic carbocycles. The van der Waals surface area contributed by atoms with Crippen molar-refractivity contribution in [3.63, 3.8) is 0 Å². The Bertz CT molecular complexity index is 3240. The van der Waals surface area contributed by atoms with Gasteiger partial charge in [-0.1, -0.05) is 66.2 Å². The van der Waals surface area contributed by atoms with Gasteiger partial charge in [-0.05, 0) is 104 Å². The van der Waals surface area contributed by atoms with Crippen LogP contribution in [0, 0.1) is 11.3 Å². The Balaban J connectivity index is 0.000000292. The molecule has 10 rings (SSSR count). The van der Waals surface area contributed by atoms with E-state index in [1.165, 1.54) is 4.90 Å². The maximum absolute atomic E-state index is 13.7. The first-order valence-electron chi connectivity index (χ1n) is 26.8. The standard InChI is InChI=1S/C43H49Cl2N9O4.C15H15N3O4/c1-28(26-58-43(56)48-16-13-29-21-31(44)23-32(22-29)47-2)41(55)54-20-19-53(24-33(54)12-15-46)40-35-14-18-52(38-11-5-8-30-7-4-10-36(45)39(30)38)25-37(35)49-42(50-40)57-27-34-9-6-17-51(34)3;19-8-16-6-9-1-2-11-10(5-9)7-18(15(11)22)12-3-4-13(20)17-14(12)21/h4-5,7-8,10-11,21-23,33-34,47H,1,6,9,12-14,16-20,24-27H2,2-3H3,(H,48,56);1-2,5,8,12H,3-4,6-7H2,(H,16,19)(H,17,20,21). The number of hydrogen-bond donors (Lipinski definition) is 4. The monoisotopic (exact) mass is 1130 g/mol. The Labute approximate surface area is 474 Å². The third-order valence-electron chi connectivity index (χ3n) is 15.2. The van der Waals surface area contributed by atoms with Gasteiger partial charge in [0.15, 0.2) is 0 Å². The zero-order valence-electron chi connectivity index (χ0n) is 44.8. The molecule has 5 aliphatic heterocycles. The number of fused-ring (bicyclic) bond motifs is 3. The maximum atomic E-state index is 13.7. The molecule has 0 saturated carbocycles. The smallest absolute Gasteiger partial charge is 0.407 e. The molecule has 4 N–H and O–H groups in total. The first kappa shape index (κ1) is 56.7. The summed E-state index contributed by atoms with van der Waals surface area (Å²) in [6, 6.07) is 25.0. The number of likely N-dealkylation sites (tertiary alicyclic amines) is 1. The second-order valence-corrected chi connectivity index (χ2v) is 21.3. The number of alkyl carbamates (subject to hydrolysis) is 1. The highest BCUT2D eigenvalue weighted by Crippen LogP contribution is 2.38. The number of rotatable bonds is 17. The van der Waals surface area contributed by atoms with Crippen molar-refractivity contribution in [2.45, 2.75) is 82.7 Å². The van der Waals surface area contributed by atoms with Gasteiger partial charge in [0, 0.05) is 104 Å². The van der Waals surface area contributed by atoms with Crippen molar-refractivity contribution < 1.29 is 38.2 Å². The van der Waals surface area contributed by atoms with Crippen molar-refractivity contribution >= 4 is 87.3 Å². The van der Waals surface area contributed by atoms with Gasteiger partial charge in [0.1, 0.15) is 25.1 Å². The number of nitriles is 1. The van der Waals surface area contributed by atoms with E-state index in [-0.39, 0.29) is 48.8 Å². The number of amides is 6. The van der Waals surface area contributed by atoms with Crippen molar-refractivity contribution in [1.29, 1.82) is 5.26 Å². The maximum Gasteiger partial charge on any atom is 0.407 e. The molecule has 3 saturated heterocycles. The van der Waals surface area contributed by atoms with Crippen LogP contribution in [0.4, 0.5) is 22.0 Å². The predicted octanol–water partition coefficient (Wildman–Crippen LogP) is 6.16. The average Bonchev–Trinajstić information content (AvgIpc) is 4.05. The summed E-state index contributed by atoms with van der Waals surface area (Å²) in [5.74, 6) is -0.499. The van der Waals surface area contributed by atoms with Gasteiger partial charge in [-0.3, -0.25) is 29.3 Å². The lowest BCUT2D eigenvalue weighted by molar-refractivity contribution is -0.137. The fourth-order valence-electron chi connectivity index (χ4n) is 11.0. The van der Waals surface area contributed by atoms with E-state index in [0.29, 0.717) is 99.7 Å². The van der Waals surface area contributed by atoms with Gasteiger partial charge >= 0.3 is 12.1 Å². The van der Waals surface area contributed by atoms with Crippen LogP contribution in [0.3, 0.4) is 0 Å². The molecule has 4 aromatic carbocycles.